The molecule has 1 fully saturated rings. The second-order valence-electron chi connectivity index (χ2n) is 9.86. The normalized spacial score (nSPS) is 17.8. The Bertz CT molecular complexity index is 1370. The number of carbonyl (C=O) groups excluding carboxylic acids is 1. The third kappa shape index (κ3) is 6.05. The van der Waals surface area contributed by atoms with E-state index in [0.29, 0.717) is 18.3 Å². The molecule has 1 amide bonds. The second kappa shape index (κ2) is 11.1. The molecule has 1 saturated carbocycles. The highest BCUT2D eigenvalue weighted by Crippen LogP contribution is 2.31. The van der Waals surface area contributed by atoms with Crippen LogP contribution in [0.5, 0.6) is 0 Å². The fourth-order valence-corrected chi connectivity index (χ4v) is 5.82. The number of thiophene rings is 1. The van der Waals surface area contributed by atoms with Gasteiger partial charge in [-0.25, -0.2) is 4.98 Å². The summed E-state index contributed by atoms with van der Waals surface area (Å²) in [6.45, 7) is 6.44. The van der Waals surface area contributed by atoms with Crippen molar-refractivity contribution in [3.8, 4) is 10.4 Å². The van der Waals surface area contributed by atoms with Gasteiger partial charge in [0.25, 0.3) is 0 Å². The van der Waals surface area contributed by atoms with Crippen LogP contribution >= 0.6 is 22.9 Å². The van der Waals surface area contributed by atoms with Crippen molar-refractivity contribution < 1.29 is 4.79 Å². The van der Waals surface area contributed by atoms with Crippen LogP contribution in [-0.2, 0) is 11.3 Å². The Morgan fingerprint density at radius 3 is 2.46 bits per heavy atom. The summed E-state index contributed by atoms with van der Waals surface area (Å²) in [5.41, 5.74) is 3.87. The van der Waals surface area contributed by atoms with Gasteiger partial charge in [-0.15, -0.1) is 11.3 Å². The number of rotatable bonds is 8. The summed E-state index contributed by atoms with van der Waals surface area (Å²) in [7, 11) is 0. The number of aromatic nitrogens is 4. The lowest BCUT2D eigenvalue weighted by Gasteiger charge is -2.29. The molecule has 0 saturated heterocycles. The molecule has 3 N–H and O–H groups in total. The zero-order chi connectivity index (χ0) is 25.9. The highest BCUT2D eigenvalue weighted by Gasteiger charge is 2.23. The van der Waals surface area contributed by atoms with Gasteiger partial charge >= 0.3 is 0 Å². The minimum atomic E-state index is 0.0356. The number of fused-ring (bicyclic) bond motifs is 1. The van der Waals surface area contributed by atoms with Gasteiger partial charge in [-0.1, -0.05) is 35.9 Å². The smallest absolute Gasteiger partial charge is 0.227 e. The number of anilines is 2. The SMILES string of the molecule is CC(=O)NC1CCC(Nc2nc(NCc3ccc(-c4ccc(Cl)s4)cc3)c3ncn(C(C)C)c3n2)CC1. The average molecular weight is 538 g/mol. The van der Waals surface area contributed by atoms with E-state index in [0.717, 1.165) is 57.2 Å². The van der Waals surface area contributed by atoms with E-state index in [1.54, 1.807) is 18.3 Å². The molecule has 3 aromatic heterocycles. The lowest BCUT2D eigenvalue weighted by Crippen LogP contribution is -2.39. The van der Waals surface area contributed by atoms with Crippen LogP contribution in [0.3, 0.4) is 0 Å². The van der Waals surface area contributed by atoms with E-state index in [2.05, 4.69) is 63.6 Å². The zero-order valence-corrected chi connectivity index (χ0v) is 22.9. The molecule has 1 aromatic carbocycles. The molecule has 0 atom stereocenters. The largest absolute Gasteiger partial charge is 0.364 e. The minimum absolute atomic E-state index is 0.0356. The molecule has 0 radical (unpaired) electrons. The average Bonchev–Trinajstić information content (AvgIpc) is 3.50. The maximum absolute atomic E-state index is 11.4. The van der Waals surface area contributed by atoms with E-state index < -0.39 is 0 Å². The highest BCUT2D eigenvalue weighted by molar-refractivity contribution is 7.19. The molecule has 194 valence electrons. The van der Waals surface area contributed by atoms with Crippen LogP contribution < -0.4 is 16.0 Å². The summed E-state index contributed by atoms with van der Waals surface area (Å²) in [6.07, 6.45) is 5.64. The third-order valence-corrected chi connectivity index (χ3v) is 8.00. The van der Waals surface area contributed by atoms with Gasteiger partial charge in [0.05, 0.1) is 10.7 Å². The molecule has 5 rings (SSSR count). The van der Waals surface area contributed by atoms with Gasteiger partial charge in [-0.3, -0.25) is 4.79 Å². The number of carbonyl (C=O) groups is 1. The van der Waals surface area contributed by atoms with Crippen molar-refractivity contribution in [3.63, 3.8) is 0 Å². The van der Waals surface area contributed by atoms with E-state index in [9.17, 15) is 4.79 Å². The van der Waals surface area contributed by atoms with Gasteiger partial charge in [0, 0.05) is 36.5 Å². The Hall–Kier alpha value is -3.17. The van der Waals surface area contributed by atoms with Crippen molar-refractivity contribution in [1.29, 1.82) is 0 Å². The molecule has 10 heteroatoms. The lowest BCUT2D eigenvalue weighted by molar-refractivity contribution is -0.119. The van der Waals surface area contributed by atoms with Gasteiger partial charge in [0.15, 0.2) is 17.0 Å². The molecule has 37 heavy (non-hydrogen) atoms. The molecule has 4 aromatic rings. The number of benzene rings is 1. The van der Waals surface area contributed by atoms with Crippen LogP contribution in [0.4, 0.5) is 11.8 Å². The summed E-state index contributed by atoms with van der Waals surface area (Å²) in [5.74, 6) is 1.35. The lowest BCUT2D eigenvalue weighted by atomic mass is 9.91. The first-order valence-electron chi connectivity index (χ1n) is 12.7. The van der Waals surface area contributed by atoms with Crippen LogP contribution in [0, 0.1) is 0 Å². The van der Waals surface area contributed by atoms with E-state index in [-0.39, 0.29) is 24.0 Å². The van der Waals surface area contributed by atoms with Crippen LogP contribution in [0.1, 0.15) is 58.1 Å². The summed E-state index contributed by atoms with van der Waals surface area (Å²) < 4.78 is 2.86. The maximum Gasteiger partial charge on any atom is 0.227 e. The number of halogens is 1. The first-order valence-corrected chi connectivity index (χ1v) is 13.9. The first kappa shape index (κ1) is 25.5. The Kier molecular flexibility index (Phi) is 7.62. The van der Waals surface area contributed by atoms with Crippen LogP contribution in [-0.4, -0.2) is 37.5 Å². The Balaban J connectivity index is 1.32. The van der Waals surface area contributed by atoms with Crippen LogP contribution in [0.25, 0.3) is 21.6 Å². The van der Waals surface area contributed by atoms with E-state index in [1.165, 1.54) is 0 Å². The Morgan fingerprint density at radius 1 is 1.08 bits per heavy atom. The van der Waals surface area contributed by atoms with Crippen molar-refractivity contribution in [2.45, 2.75) is 71.1 Å². The first-order chi connectivity index (χ1) is 17.9. The predicted octanol–water partition coefficient (Wildman–Crippen LogP) is 6.26. The number of hydrogen-bond donors (Lipinski definition) is 3. The van der Waals surface area contributed by atoms with Gasteiger partial charge in [0.1, 0.15) is 0 Å². The van der Waals surface area contributed by atoms with Crippen molar-refractivity contribution >= 4 is 51.8 Å². The molecule has 1 aliphatic rings. The standard InChI is InChI=1S/C27H32ClN7OS/c1-16(2)35-15-30-24-25(29-14-18-4-6-19(7-5-18)22-12-13-23(28)37-22)33-27(34-26(24)35)32-21-10-8-20(9-11-21)31-17(3)36/h4-7,12-13,15-16,20-21H,8-11,14H2,1-3H3,(H,31,36)(H2,29,32,33,34). The molecule has 0 spiro atoms. The third-order valence-electron chi connectivity index (χ3n) is 6.72. The summed E-state index contributed by atoms with van der Waals surface area (Å²) in [4.78, 5) is 26.8. The molecule has 1 aliphatic carbocycles. The molecule has 8 nitrogen and oxygen atoms in total. The highest BCUT2D eigenvalue weighted by atomic mass is 35.5. The molecular weight excluding hydrogens is 506 g/mol. The molecular formula is C27H32ClN7OS. The zero-order valence-electron chi connectivity index (χ0n) is 21.3. The van der Waals surface area contributed by atoms with Gasteiger partial charge in [0.2, 0.25) is 11.9 Å². The van der Waals surface area contributed by atoms with E-state index >= 15 is 0 Å². The Morgan fingerprint density at radius 2 is 1.81 bits per heavy atom. The molecule has 0 bridgehead atoms. The number of nitrogens with one attached hydrogen (secondary N) is 3. The fourth-order valence-electron chi connectivity index (χ4n) is 4.78. The van der Waals surface area contributed by atoms with E-state index in [1.807, 2.05) is 18.5 Å². The summed E-state index contributed by atoms with van der Waals surface area (Å²) >= 11 is 7.67. The van der Waals surface area contributed by atoms with Crippen LogP contribution in [0.15, 0.2) is 42.7 Å². The van der Waals surface area contributed by atoms with Crippen LogP contribution in [0.2, 0.25) is 4.34 Å². The molecule has 0 aliphatic heterocycles. The number of imidazole rings is 1. The van der Waals surface area contributed by atoms with E-state index in [4.69, 9.17) is 21.6 Å². The molecule has 0 unspecified atom stereocenters. The summed E-state index contributed by atoms with van der Waals surface area (Å²) in [6, 6.07) is 13.2. The van der Waals surface area contributed by atoms with Gasteiger partial charge in [-0.2, -0.15) is 9.97 Å². The van der Waals surface area contributed by atoms with Crippen molar-refractivity contribution in [2.75, 3.05) is 10.6 Å². The summed E-state index contributed by atoms with van der Waals surface area (Å²) in [5, 5.41) is 10.1. The minimum Gasteiger partial charge on any atom is -0.364 e. The van der Waals surface area contributed by atoms with Crippen molar-refractivity contribution in [2.24, 2.45) is 0 Å². The second-order valence-corrected chi connectivity index (χ2v) is 11.6. The quantitative estimate of drug-likeness (QED) is 0.245. The monoisotopic (exact) mass is 537 g/mol. The van der Waals surface area contributed by atoms with Crippen molar-refractivity contribution in [3.05, 3.63) is 52.6 Å². The van der Waals surface area contributed by atoms with Gasteiger partial charge in [-0.05, 0) is 62.8 Å². The predicted molar refractivity (Wildman–Crippen MR) is 151 cm³/mol. The van der Waals surface area contributed by atoms with Gasteiger partial charge < -0.3 is 20.5 Å². The maximum atomic E-state index is 11.4. The fraction of sp³-hybridized carbons (Fsp3) is 0.407. The Labute approximate surface area is 225 Å². The molecule has 3 heterocycles. The number of hydrogen-bond acceptors (Lipinski definition) is 7. The number of amides is 1. The van der Waals surface area contributed by atoms with Crippen molar-refractivity contribution in [1.82, 2.24) is 24.8 Å². The topological polar surface area (TPSA) is 96.8 Å². The number of nitrogens with zero attached hydrogens (tertiary/aromatic N) is 4.